The molecule has 2 aliphatic rings. The maximum absolute atomic E-state index is 11.5. The van der Waals surface area contributed by atoms with E-state index in [1.165, 1.54) is 5.56 Å². The number of esters is 1. The highest BCUT2D eigenvalue weighted by Crippen LogP contribution is 2.16. The summed E-state index contributed by atoms with van der Waals surface area (Å²) in [7, 11) is 0. The number of likely N-dealkylation sites (tertiary alicyclic amines) is 1. The lowest BCUT2D eigenvalue weighted by atomic mass is 10.0. The first kappa shape index (κ1) is 13.6. The van der Waals surface area contributed by atoms with E-state index >= 15 is 0 Å². The number of carbonyl (C=O) groups excluding carboxylic acids is 1. The molecule has 0 radical (unpaired) electrons. The van der Waals surface area contributed by atoms with Crippen LogP contribution in [0.5, 0.6) is 0 Å². The number of hydrogen-bond acceptors (Lipinski definition) is 4. The Morgan fingerprint density at radius 3 is 2.55 bits per heavy atom. The average Bonchev–Trinajstić information content (AvgIpc) is 2.88. The summed E-state index contributed by atoms with van der Waals surface area (Å²) >= 11 is 0. The van der Waals surface area contributed by atoms with Crippen LogP contribution in [0.25, 0.3) is 0 Å². The quantitative estimate of drug-likeness (QED) is 0.846. The Hall–Kier alpha value is -1.39. The molecule has 2 saturated heterocycles. The molecule has 1 aromatic rings. The van der Waals surface area contributed by atoms with E-state index in [1.807, 2.05) is 0 Å². The van der Waals surface area contributed by atoms with Gasteiger partial charge in [-0.3, -0.25) is 9.69 Å². The van der Waals surface area contributed by atoms with Crippen molar-refractivity contribution in [3.8, 4) is 0 Å². The number of nitrogens with zero attached hydrogens (tertiary/aromatic N) is 1. The van der Waals surface area contributed by atoms with Gasteiger partial charge in [-0.2, -0.15) is 0 Å². The van der Waals surface area contributed by atoms with E-state index in [-0.39, 0.29) is 12.0 Å². The molecule has 1 N–H and O–H groups in total. The van der Waals surface area contributed by atoms with E-state index in [1.54, 1.807) is 0 Å². The van der Waals surface area contributed by atoms with Gasteiger partial charge in [0.25, 0.3) is 0 Å². The molecule has 1 unspecified atom stereocenters. The first-order chi connectivity index (χ1) is 9.81. The second-order valence-corrected chi connectivity index (χ2v) is 5.71. The van der Waals surface area contributed by atoms with Crippen molar-refractivity contribution in [3.63, 3.8) is 0 Å². The van der Waals surface area contributed by atoms with Gasteiger partial charge >= 0.3 is 5.97 Å². The summed E-state index contributed by atoms with van der Waals surface area (Å²) in [6.45, 7) is 3.78. The van der Waals surface area contributed by atoms with Crippen LogP contribution in [0, 0.1) is 0 Å². The zero-order valence-corrected chi connectivity index (χ0v) is 11.8. The topological polar surface area (TPSA) is 41.6 Å². The molecule has 4 nitrogen and oxygen atoms in total. The highest BCUT2D eigenvalue weighted by molar-refractivity contribution is 5.77. The number of rotatable bonds is 4. The molecule has 4 heteroatoms. The fraction of sp³-hybridized carbons (Fsp3) is 0.562. The van der Waals surface area contributed by atoms with Gasteiger partial charge in [-0.1, -0.05) is 30.3 Å². The molecule has 0 amide bonds. The molecular weight excluding hydrogens is 252 g/mol. The van der Waals surface area contributed by atoms with Crippen LogP contribution >= 0.6 is 0 Å². The number of piperidine rings is 1. The van der Waals surface area contributed by atoms with Gasteiger partial charge in [-0.15, -0.1) is 0 Å². The molecule has 0 saturated carbocycles. The molecule has 1 atom stereocenters. The lowest BCUT2D eigenvalue weighted by Gasteiger charge is -2.33. The van der Waals surface area contributed by atoms with Crippen molar-refractivity contribution >= 4 is 5.97 Å². The third-order valence-electron chi connectivity index (χ3n) is 4.21. The Morgan fingerprint density at radius 2 is 1.90 bits per heavy atom. The van der Waals surface area contributed by atoms with E-state index in [2.05, 4.69) is 40.5 Å². The highest BCUT2D eigenvalue weighted by atomic mass is 16.5. The minimum atomic E-state index is -0.0725. The molecule has 0 aliphatic carbocycles. The van der Waals surface area contributed by atoms with Gasteiger partial charge in [0.15, 0.2) is 0 Å². The summed E-state index contributed by atoms with van der Waals surface area (Å²) in [5, 5.41) is 3.45. The van der Waals surface area contributed by atoms with Gasteiger partial charge in [0, 0.05) is 19.0 Å². The largest absolute Gasteiger partial charge is 0.464 e. The maximum Gasteiger partial charge on any atom is 0.323 e. The summed E-state index contributed by atoms with van der Waals surface area (Å²) in [6, 6.07) is 11.0. The van der Waals surface area contributed by atoms with Gasteiger partial charge in [0.1, 0.15) is 6.04 Å². The molecule has 1 aromatic carbocycles. The minimum Gasteiger partial charge on any atom is -0.464 e. The predicted octanol–water partition coefficient (Wildman–Crippen LogP) is 1.56. The van der Waals surface area contributed by atoms with E-state index < -0.39 is 0 Å². The fourth-order valence-electron chi connectivity index (χ4n) is 3.03. The van der Waals surface area contributed by atoms with Crippen LogP contribution in [-0.2, 0) is 16.1 Å². The second kappa shape index (κ2) is 6.37. The number of benzene rings is 1. The Balaban J connectivity index is 1.44. The molecule has 108 valence electrons. The van der Waals surface area contributed by atoms with E-state index in [9.17, 15) is 4.79 Å². The smallest absolute Gasteiger partial charge is 0.323 e. The monoisotopic (exact) mass is 274 g/mol. The van der Waals surface area contributed by atoms with Gasteiger partial charge in [-0.05, 0) is 31.5 Å². The van der Waals surface area contributed by atoms with Crippen molar-refractivity contribution in [1.29, 1.82) is 0 Å². The van der Waals surface area contributed by atoms with E-state index in [0.717, 1.165) is 38.9 Å². The zero-order valence-electron chi connectivity index (χ0n) is 11.8. The maximum atomic E-state index is 11.5. The summed E-state index contributed by atoms with van der Waals surface area (Å²) in [4.78, 5) is 13.9. The van der Waals surface area contributed by atoms with Crippen molar-refractivity contribution in [2.45, 2.75) is 37.9 Å². The fourth-order valence-corrected chi connectivity index (χ4v) is 3.03. The molecule has 20 heavy (non-hydrogen) atoms. The lowest BCUT2D eigenvalue weighted by molar-refractivity contribution is -0.139. The third-order valence-corrected chi connectivity index (χ3v) is 4.21. The van der Waals surface area contributed by atoms with Crippen LogP contribution in [0.3, 0.4) is 0 Å². The van der Waals surface area contributed by atoms with Crippen molar-refractivity contribution < 1.29 is 9.53 Å². The Kier molecular flexibility index (Phi) is 4.33. The predicted molar refractivity (Wildman–Crippen MR) is 77.2 cm³/mol. The SMILES string of the molecule is O=C1OCCC1NC1CCN(Cc2ccccc2)CC1. The van der Waals surface area contributed by atoms with Gasteiger partial charge in [-0.25, -0.2) is 0 Å². The third kappa shape index (κ3) is 3.38. The van der Waals surface area contributed by atoms with Gasteiger partial charge in [0.2, 0.25) is 0 Å². The Labute approximate surface area is 120 Å². The van der Waals surface area contributed by atoms with Crippen LogP contribution in [0.4, 0.5) is 0 Å². The van der Waals surface area contributed by atoms with Crippen molar-refractivity contribution in [3.05, 3.63) is 35.9 Å². The van der Waals surface area contributed by atoms with Crippen LogP contribution in [0.15, 0.2) is 30.3 Å². The minimum absolute atomic E-state index is 0.0688. The molecule has 2 fully saturated rings. The molecular formula is C16H22N2O2. The second-order valence-electron chi connectivity index (χ2n) is 5.71. The molecule has 3 rings (SSSR count). The van der Waals surface area contributed by atoms with Crippen LogP contribution in [-0.4, -0.2) is 42.6 Å². The van der Waals surface area contributed by atoms with Gasteiger partial charge < -0.3 is 10.1 Å². The first-order valence-electron chi connectivity index (χ1n) is 7.50. The zero-order chi connectivity index (χ0) is 13.8. The molecule has 0 bridgehead atoms. The summed E-state index contributed by atoms with van der Waals surface area (Å²) in [5.74, 6) is -0.0725. The molecule has 2 heterocycles. The molecule has 0 spiro atoms. The van der Waals surface area contributed by atoms with Crippen molar-refractivity contribution in [1.82, 2.24) is 10.2 Å². The number of carbonyl (C=O) groups is 1. The summed E-state index contributed by atoms with van der Waals surface area (Å²) in [5.41, 5.74) is 1.37. The lowest BCUT2D eigenvalue weighted by Crippen LogP contribution is -2.47. The Morgan fingerprint density at radius 1 is 1.15 bits per heavy atom. The molecule has 2 aliphatic heterocycles. The first-order valence-corrected chi connectivity index (χ1v) is 7.50. The normalized spacial score (nSPS) is 24.8. The average molecular weight is 274 g/mol. The van der Waals surface area contributed by atoms with E-state index in [0.29, 0.717) is 12.6 Å². The van der Waals surface area contributed by atoms with Crippen molar-refractivity contribution in [2.24, 2.45) is 0 Å². The standard InChI is InChI=1S/C16H22N2O2/c19-16-15(8-11-20-16)17-14-6-9-18(10-7-14)12-13-4-2-1-3-5-13/h1-5,14-15,17H,6-12H2. The van der Waals surface area contributed by atoms with Crippen LogP contribution in [0.1, 0.15) is 24.8 Å². The van der Waals surface area contributed by atoms with Crippen molar-refractivity contribution in [2.75, 3.05) is 19.7 Å². The number of nitrogens with one attached hydrogen (secondary N) is 1. The highest BCUT2D eigenvalue weighted by Gasteiger charge is 2.29. The van der Waals surface area contributed by atoms with E-state index in [4.69, 9.17) is 4.74 Å². The van der Waals surface area contributed by atoms with Crippen LogP contribution < -0.4 is 5.32 Å². The Bertz CT molecular complexity index is 441. The number of hydrogen-bond donors (Lipinski definition) is 1. The number of cyclic esters (lactones) is 1. The summed E-state index contributed by atoms with van der Waals surface area (Å²) < 4.78 is 5.00. The van der Waals surface area contributed by atoms with Crippen LogP contribution in [0.2, 0.25) is 0 Å². The number of ether oxygens (including phenoxy) is 1. The van der Waals surface area contributed by atoms with Gasteiger partial charge in [0.05, 0.1) is 6.61 Å². The summed E-state index contributed by atoms with van der Waals surface area (Å²) in [6.07, 6.45) is 3.04. The molecule has 0 aromatic heterocycles.